The van der Waals surface area contributed by atoms with Crippen LogP contribution in [0.3, 0.4) is 0 Å². The zero-order valence-corrected chi connectivity index (χ0v) is 12.4. The SMILES string of the molecule is COc1ccc(OCCN2CCC(CBr)C2)cc1. The molecule has 0 amide bonds. The van der Waals surface area contributed by atoms with Gasteiger partial charge in [0.05, 0.1) is 7.11 Å². The van der Waals surface area contributed by atoms with Gasteiger partial charge in [-0.05, 0) is 43.1 Å². The molecule has 0 aromatic heterocycles. The van der Waals surface area contributed by atoms with Crippen molar-refractivity contribution >= 4 is 15.9 Å². The molecule has 0 aliphatic carbocycles. The highest BCUT2D eigenvalue weighted by Crippen LogP contribution is 2.19. The van der Waals surface area contributed by atoms with Crippen molar-refractivity contribution in [3.05, 3.63) is 24.3 Å². The van der Waals surface area contributed by atoms with Crippen LogP contribution < -0.4 is 9.47 Å². The van der Waals surface area contributed by atoms with E-state index in [1.165, 1.54) is 19.5 Å². The van der Waals surface area contributed by atoms with Crippen LogP contribution in [-0.4, -0.2) is 43.6 Å². The van der Waals surface area contributed by atoms with Crippen LogP contribution in [-0.2, 0) is 0 Å². The fourth-order valence-electron chi connectivity index (χ4n) is 2.21. The van der Waals surface area contributed by atoms with Crippen molar-refractivity contribution in [3.8, 4) is 11.5 Å². The van der Waals surface area contributed by atoms with Crippen molar-refractivity contribution < 1.29 is 9.47 Å². The van der Waals surface area contributed by atoms with Gasteiger partial charge in [-0.15, -0.1) is 0 Å². The minimum Gasteiger partial charge on any atom is -0.497 e. The lowest BCUT2D eigenvalue weighted by atomic mass is 10.2. The van der Waals surface area contributed by atoms with Crippen molar-refractivity contribution in [2.75, 3.05) is 38.7 Å². The van der Waals surface area contributed by atoms with E-state index in [1.807, 2.05) is 24.3 Å². The lowest BCUT2D eigenvalue weighted by Gasteiger charge is -2.16. The number of hydrogen-bond acceptors (Lipinski definition) is 3. The van der Waals surface area contributed by atoms with Crippen molar-refractivity contribution in [2.45, 2.75) is 6.42 Å². The molecule has 1 aromatic rings. The smallest absolute Gasteiger partial charge is 0.119 e. The van der Waals surface area contributed by atoms with E-state index in [4.69, 9.17) is 9.47 Å². The van der Waals surface area contributed by atoms with Crippen molar-refractivity contribution in [2.24, 2.45) is 5.92 Å². The Balaban J connectivity index is 1.68. The Morgan fingerprint density at radius 3 is 2.61 bits per heavy atom. The third kappa shape index (κ3) is 3.89. The summed E-state index contributed by atoms with van der Waals surface area (Å²) in [5.74, 6) is 2.58. The average molecular weight is 314 g/mol. The second-order valence-corrected chi connectivity index (χ2v) is 5.28. The van der Waals surface area contributed by atoms with Crippen LogP contribution in [0.5, 0.6) is 11.5 Å². The van der Waals surface area contributed by atoms with Gasteiger partial charge in [0.2, 0.25) is 0 Å². The van der Waals surface area contributed by atoms with Crippen molar-refractivity contribution in [1.82, 2.24) is 4.90 Å². The van der Waals surface area contributed by atoms with Gasteiger partial charge in [-0.25, -0.2) is 0 Å². The Hall–Kier alpha value is -0.740. The minimum absolute atomic E-state index is 0.751. The van der Waals surface area contributed by atoms with Crippen LogP contribution in [0.1, 0.15) is 6.42 Å². The quantitative estimate of drug-likeness (QED) is 0.754. The largest absolute Gasteiger partial charge is 0.497 e. The molecular weight excluding hydrogens is 294 g/mol. The summed E-state index contributed by atoms with van der Waals surface area (Å²) < 4.78 is 10.8. The fraction of sp³-hybridized carbons (Fsp3) is 0.571. The second kappa shape index (κ2) is 7.00. The van der Waals surface area contributed by atoms with Gasteiger partial charge >= 0.3 is 0 Å². The minimum atomic E-state index is 0.751. The second-order valence-electron chi connectivity index (χ2n) is 4.63. The zero-order valence-electron chi connectivity index (χ0n) is 10.8. The molecule has 1 saturated heterocycles. The molecule has 0 spiro atoms. The van der Waals surface area contributed by atoms with E-state index >= 15 is 0 Å². The number of hydrogen-bond donors (Lipinski definition) is 0. The van der Waals surface area contributed by atoms with Gasteiger partial charge in [-0.1, -0.05) is 15.9 Å². The van der Waals surface area contributed by atoms with E-state index < -0.39 is 0 Å². The molecule has 1 unspecified atom stereocenters. The van der Waals surface area contributed by atoms with Crippen LogP contribution in [0.2, 0.25) is 0 Å². The van der Waals surface area contributed by atoms with E-state index in [9.17, 15) is 0 Å². The maximum absolute atomic E-state index is 5.73. The van der Waals surface area contributed by atoms with Crippen LogP contribution in [0.4, 0.5) is 0 Å². The molecule has 18 heavy (non-hydrogen) atoms. The van der Waals surface area contributed by atoms with E-state index in [-0.39, 0.29) is 0 Å². The fourth-order valence-corrected chi connectivity index (χ4v) is 2.73. The Labute approximate surface area is 117 Å². The Morgan fingerprint density at radius 1 is 1.28 bits per heavy atom. The maximum Gasteiger partial charge on any atom is 0.119 e. The summed E-state index contributed by atoms with van der Waals surface area (Å²) in [4.78, 5) is 2.47. The van der Waals surface area contributed by atoms with Gasteiger partial charge in [-0.2, -0.15) is 0 Å². The van der Waals surface area contributed by atoms with E-state index in [2.05, 4.69) is 20.8 Å². The van der Waals surface area contributed by atoms with Crippen LogP contribution in [0.25, 0.3) is 0 Å². The number of nitrogens with zero attached hydrogens (tertiary/aromatic N) is 1. The number of methoxy groups -OCH3 is 1. The van der Waals surface area contributed by atoms with Gasteiger partial charge in [0.1, 0.15) is 18.1 Å². The van der Waals surface area contributed by atoms with Crippen molar-refractivity contribution in [1.29, 1.82) is 0 Å². The first-order chi connectivity index (χ1) is 8.81. The van der Waals surface area contributed by atoms with E-state index in [1.54, 1.807) is 7.11 Å². The molecule has 0 N–H and O–H groups in total. The van der Waals surface area contributed by atoms with Crippen molar-refractivity contribution in [3.63, 3.8) is 0 Å². The molecule has 1 atom stereocenters. The standard InChI is InChI=1S/C14H20BrNO2/c1-17-13-2-4-14(5-3-13)18-9-8-16-7-6-12(10-15)11-16/h2-5,12H,6-11H2,1H3. The lowest BCUT2D eigenvalue weighted by molar-refractivity contribution is 0.234. The lowest BCUT2D eigenvalue weighted by Crippen LogP contribution is -2.26. The third-order valence-corrected chi connectivity index (χ3v) is 4.24. The summed E-state index contributed by atoms with van der Waals surface area (Å²) in [5, 5.41) is 1.11. The Morgan fingerprint density at radius 2 is 2.00 bits per heavy atom. The van der Waals surface area contributed by atoms with Gasteiger partial charge in [0, 0.05) is 18.4 Å². The van der Waals surface area contributed by atoms with E-state index in [0.717, 1.165) is 35.9 Å². The number of likely N-dealkylation sites (tertiary alicyclic amines) is 1. The molecule has 1 aromatic carbocycles. The monoisotopic (exact) mass is 313 g/mol. The molecular formula is C14H20BrNO2. The summed E-state index contributed by atoms with van der Waals surface area (Å²) in [5.41, 5.74) is 0. The predicted molar refractivity (Wildman–Crippen MR) is 76.8 cm³/mol. The van der Waals surface area contributed by atoms with Gasteiger partial charge in [0.25, 0.3) is 0 Å². The summed E-state index contributed by atoms with van der Waals surface area (Å²) in [6, 6.07) is 7.74. The summed E-state index contributed by atoms with van der Waals surface area (Å²) in [6.07, 6.45) is 1.30. The molecule has 0 radical (unpaired) electrons. The summed E-state index contributed by atoms with van der Waals surface area (Å²) in [6.45, 7) is 4.15. The number of rotatable bonds is 6. The summed E-state index contributed by atoms with van der Waals surface area (Å²) in [7, 11) is 1.67. The number of ether oxygens (including phenoxy) is 2. The third-order valence-electron chi connectivity index (χ3n) is 3.32. The predicted octanol–water partition coefficient (Wildman–Crippen LogP) is 2.79. The zero-order chi connectivity index (χ0) is 12.8. The van der Waals surface area contributed by atoms with E-state index in [0.29, 0.717) is 0 Å². The molecule has 4 heteroatoms. The molecule has 3 nitrogen and oxygen atoms in total. The van der Waals surface area contributed by atoms with Crippen LogP contribution in [0, 0.1) is 5.92 Å². The van der Waals surface area contributed by atoms with Crippen LogP contribution in [0.15, 0.2) is 24.3 Å². The first-order valence-corrected chi connectivity index (χ1v) is 7.49. The molecule has 2 rings (SSSR count). The Bertz CT molecular complexity index is 355. The number of halogens is 1. The molecule has 100 valence electrons. The molecule has 1 aliphatic rings. The van der Waals surface area contributed by atoms with Gasteiger partial charge < -0.3 is 9.47 Å². The molecule has 1 heterocycles. The molecule has 1 fully saturated rings. The first-order valence-electron chi connectivity index (χ1n) is 6.37. The highest BCUT2D eigenvalue weighted by atomic mass is 79.9. The van der Waals surface area contributed by atoms with Gasteiger partial charge in [-0.3, -0.25) is 4.90 Å². The average Bonchev–Trinajstić information content (AvgIpc) is 2.87. The molecule has 0 bridgehead atoms. The Kier molecular flexibility index (Phi) is 5.32. The molecule has 1 aliphatic heterocycles. The normalized spacial score (nSPS) is 20.0. The first kappa shape index (κ1) is 13.7. The highest BCUT2D eigenvalue weighted by Gasteiger charge is 2.20. The topological polar surface area (TPSA) is 21.7 Å². The maximum atomic E-state index is 5.73. The summed E-state index contributed by atoms with van der Waals surface area (Å²) >= 11 is 3.55. The number of benzene rings is 1. The highest BCUT2D eigenvalue weighted by molar-refractivity contribution is 9.09. The van der Waals surface area contributed by atoms with Crippen LogP contribution >= 0.6 is 15.9 Å². The number of alkyl halides is 1. The van der Waals surface area contributed by atoms with Gasteiger partial charge in [0.15, 0.2) is 0 Å². The molecule has 0 saturated carbocycles.